The Bertz CT molecular complexity index is 474. The monoisotopic (exact) mass is 289 g/mol. The predicted molar refractivity (Wildman–Crippen MR) is 85.7 cm³/mol. The Morgan fingerprint density at radius 3 is 2.38 bits per heavy atom. The number of rotatable bonds is 5. The van der Waals surface area contributed by atoms with Gasteiger partial charge in [0.05, 0.1) is 11.7 Å². The van der Waals surface area contributed by atoms with E-state index in [9.17, 15) is 4.79 Å². The first-order valence-corrected chi connectivity index (χ1v) is 8.09. The SMILES string of the molecule is CC(C)Oc1ccccc1C(=O)C1(CN)CCCCCC1. The van der Waals surface area contributed by atoms with Gasteiger partial charge in [-0.1, -0.05) is 37.8 Å². The molecule has 0 bridgehead atoms. The van der Waals surface area contributed by atoms with E-state index in [1.165, 1.54) is 12.8 Å². The van der Waals surface area contributed by atoms with E-state index in [1.54, 1.807) is 0 Å². The van der Waals surface area contributed by atoms with Crippen molar-refractivity contribution >= 4 is 5.78 Å². The second-order valence-electron chi connectivity index (χ2n) is 6.39. The molecule has 3 heteroatoms. The molecule has 1 saturated carbocycles. The van der Waals surface area contributed by atoms with Crippen molar-refractivity contribution in [2.75, 3.05) is 6.54 Å². The van der Waals surface area contributed by atoms with E-state index in [0.29, 0.717) is 17.9 Å². The maximum absolute atomic E-state index is 13.1. The molecule has 2 rings (SSSR count). The lowest BCUT2D eigenvalue weighted by Gasteiger charge is -2.30. The number of Topliss-reactive ketones (excluding diaryl/α,β-unsaturated/α-hetero) is 1. The van der Waals surface area contributed by atoms with Crippen molar-refractivity contribution in [1.29, 1.82) is 0 Å². The van der Waals surface area contributed by atoms with Crippen LogP contribution >= 0.6 is 0 Å². The van der Waals surface area contributed by atoms with Crippen LogP contribution in [0.3, 0.4) is 0 Å². The molecule has 0 heterocycles. The van der Waals surface area contributed by atoms with Crippen molar-refractivity contribution in [2.24, 2.45) is 11.1 Å². The van der Waals surface area contributed by atoms with E-state index in [2.05, 4.69) is 0 Å². The minimum Gasteiger partial charge on any atom is -0.490 e. The topological polar surface area (TPSA) is 52.3 Å². The maximum atomic E-state index is 13.1. The average molecular weight is 289 g/mol. The van der Waals surface area contributed by atoms with Gasteiger partial charge in [0.2, 0.25) is 0 Å². The summed E-state index contributed by atoms with van der Waals surface area (Å²) in [6.45, 7) is 4.39. The Labute approximate surface area is 127 Å². The number of para-hydroxylation sites is 1. The van der Waals surface area contributed by atoms with Crippen molar-refractivity contribution in [3.05, 3.63) is 29.8 Å². The number of hydrogen-bond donors (Lipinski definition) is 1. The largest absolute Gasteiger partial charge is 0.490 e. The Kier molecular flexibility index (Phi) is 5.40. The number of ether oxygens (including phenoxy) is 1. The maximum Gasteiger partial charge on any atom is 0.173 e. The summed E-state index contributed by atoms with van der Waals surface area (Å²) in [5.74, 6) is 0.859. The molecule has 1 aliphatic rings. The van der Waals surface area contributed by atoms with Gasteiger partial charge in [-0.05, 0) is 38.8 Å². The van der Waals surface area contributed by atoms with Crippen LogP contribution in [0.5, 0.6) is 5.75 Å². The summed E-state index contributed by atoms with van der Waals surface area (Å²) < 4.78 is 5.82. The van der Waals surface area contributed by atoms with Crippen LogP contribution in [0, 0.1) is 5.41 Å². The van der Waals surface area contributed by atoms with Gasteiger partial charge in [-0.25, -0.2) is 0 Å². The first kappa shape index (κ1) is 16.0. The first-order chi connectivity index (χ1) is 10.1. The van der Waals surface area contributed by atoms with E-state index in [0.717, 1.165) is 25.7 Å². The molecule has 0 saturated heterocycles. The molecule has 0 atom stereocenters. The molecule has 1 aliphatic carbocycles. The molecule has 1 aromatic carbocycles. The van der Waals surface area contributed by atoms with E-state index in [4.69, 9.17) is 10.5 Å². The Morgan fingerprint density at radius 1 is 1.19 bits per heavy atom. The molecular weight excluding hydrogens is 262 g/mol. The minimum absolute atomic E-state index is 0.0573. The van der Waals surface area contributed by atoms with E-state index < -0.39 is 5.41 Å². The molecule has 0 unspecified atom stereocenters. The van der Waals surface area contributed by atoms with Crippen LogP contribution in [-0.2, 0) is 0 Å². The quantitative estimate of drug-likeness (QED) is 0.659. The number of carbonyl (C=O) groups is 1. The normalized spacial score (nSPS) is 18.3. The highest BCUT2D eigenvalue weighted by Crippen LogP contribution is 2.39. The summed E-state index contributed by atoms with van der Waals surface area (Å²) >= 11 is 0. The Hall–Kier alpha value is -1.35. The lowest BCUT2D eigenvalue weighted by Crippen LogP contribution is -2.38. The van der Waals surface area contributed by atoms with Gasteiger partial charge in [-0.2, -0.15) is 0 Å². The fourth-order valence-corrected chi connectivity index (χ4v) is 3.23. The Balaban J connectivity index is 2.33. The van der Waals surface area contributed by atoms with Crippen LogP contribution in [0.1, 0.15) is 62.7 Å². The number of benzene rings is 1. The van der Waals surface area contributed by atoms with Crippen LogP contribution in [0.15, 0.2) is 24.3 Å². The second-order valence-corrected chi connectivity index (χ2v) is 6.39. The first-order valence-electron chi connectivity index (χ1n) is 8.09. The fraction of sp³-hybridized carbons (Fsp3) is 0.611. The fourth-order valence-electron chi connectivity index (χ4n) is 3.23. The number of nitrogens with two attached hydrogens (primary N) is 1. The molecular formula is C18H27NO2. The lowest BCUT2D eigenvalue weighted by atomic mass is 9.74. The summed E-state index contributed by atoms with van der Waals surface area (Å²) in [6, 6.07) is 7.58. The van der Waals surface area contributed by atoms with Gasteiger partial charge in [0.25, 0.3) is 0 Å². The molecule has 2 N–H and O–H groups in total. The lowest BCUT2D eigenvalue weighted by molar-refractivity contribution is 0.0768. The molecule has 0 aliphatic heterocycles. The third-order valence-corrected chi connectivity index (χ3v) is 4.43. The molecule has 0 amide bonds. The second kappa shape index (κ2) is 7.08. The minimum atomic E-state index is -0.396. The van der Waals surface area contributed by atoms with Gasteiger partial charge >= 0.3 is 0 Å². The van der Waals surface area contributed by atoms with Crippen LogP contribution in [0.2, 0.25) is 0 Å². The van der Waals surface area contributed by atoms with Crippen molar-refractivity contribution < 1.29 is 9.53 Å². The summed E-state index contributed by atoms with van der Waals surface area (Å²) in [5, 5.41) is 0. The highest BCUT2D eigenvalue weighted by molar-refractivity contribution is 6.03. The molecule has 1 aromatic rings. The average Bonchev–Trinajstić information content (AvgIpc) is 2.73. The number of carbonyl (C=O) groups excluding carboxylic acids is 1. The number of hydrogen-bond acceptors (Lipinski definition) is 3. The summed E-state index contributed by atoms with van der Waals surface area (Å²) in [7, 11) is 0. The van der Waals surface area contributed by atoms with Gasteiger partial charge in [-0.15, -0.1) is 0 Å². The van der Waals surface area contributed by atoms with Gasteiger partial charge in [0.15, 0.2) is 5.78 Å². The molecule has 0 radical (unpaired) electrons. The van der Waals surface area contributed by atoms with Gasteiger partial charge < -0.3 is 10.5 Å². The molecule has 1 fully saturated rings. The van der Waals surface area contributed by atoms with Gasteiger partial charge in [0.1, 0.15) is 5.75 Å². The molecule has 0 aromatic heterocycles. The third kappa shape index (κ3) is 3.65. The van der Waals surface area contributed by atoms with Crippen molar-refractivity contribution in [1.82, 2.24) is 0 Å². The van der Waals surface area contributed by atoms with E-state index in [-0.39, 0.29) is 11.9 Å². The standard InChI is InChI=1S/C18H27NO2/c1-14(2)21-16-10-6-5-9-15(16)17(20)18(13-19)11-7-3-4-8-12-18/h5-6,9-10,14H,3-4,7-8,11-13,19H2,1-2H3. The molecule has 116 valence electrons. The zero-order valence-electron chi connectivity index (χ0n) is 13.2. The van der Waals surface area contributed by atoms with Crippen molar-refractivity contribution in [3.8, 4) is 5.75 Å². The summed E-state index contributed by atoms with van der Waals surface area (Å²) in [6.07, 6.45) is 6.46. The van der Waals surface area contributed by atoms with Crippen LogP contribution in [0.25, 0.3) is 0 Å². The Morgan fingerprint density at radius 2 is 1.81 bits per heavy atom. The summed E-state index contributed by atoms with van der Waals surface area (Å²) in [5.41, 5.74) is 6.33. The number of ketones is 1. The molecule has 0 spiro atoms. The summed E-state index contributed by atoms with van der Waals surface area (Å²) in [4.78, 5) is 13.1. The van der Waals surface area contributed by atoms with Crippen LogP contribution < -0.4 is 10.5 Å². The van der Waals surface area contributed by atoms with Gasteiger partial charge in [0, 0.05) is 12.0 Å². The van der Waals surface area contributed by atoms with Crippen molar-refractivity contribution in [3.63, 3.8) is 0 Å². The van der Waals surface area contributed by atoms with Crippen LogP contribution in [-0.4, -0.2) is 18.4 Å². The molecule has 3 nitrogen and oxygen atoms in total. The van der Waals surface area contributed by atoms with Crippen LogP contribution in [0.4, 0.5) is 0 Å². The zero-order chi connectivity index (χ0) is 15.3. The smallest absolute Gasteiger partial charge is 0.173 e. The van der Waals surface area contributed by atoms with Gasteiger partial charge in [-0.3, -0.25) is 4.79 Å². The zero-order valence-corrected chi connectivity index (χ0v) is 13.2. The molecule has 21 heavy (non-hydrogen) atoms. The van der Waals surface area contributed by atoms with E-state index in [1.807, 2.05) is 38.1 Å². The predicted octanol–water partition coefficient (Wildman–Crippen LogP) is 3.96. The highest BCUT2D eigenvalue weighted by atomic mass is 16.5. The highest BCUT2D eigenvalue weighted by Gasteiger charge is 2.38. The third-order valence-electron chi connectivity index (χ3n) is 4.43. The van der Waals surface area contributed by atoms with E-state index >= 15 is 0 Å². The van der Waals surface area contributed by atoms with Crippen molar-refractivity contribution in [2.45, 2.75) is 58.5 Å².